The van der Waals surface area contributed by atoms with Crippen LogP contribution in [0.4, 0.5) is 8.78 Å². The molecule has 0 radical (unpaired) electrons. The van der Waals surface area contributed by atoms with Crippen LogP contribution in [0.2, 0.25) is 0 Å². The molecule has 1 aromatic carbocycles. The van der Waals surface area contributed by atoms with Crippen LogP contribution in [0.1, 0.15) is 23.2 Å². The zero-order valence-electron chi connectivity index (χ0n) is 14.2. The third-order valence-corrected chi connectivity index (χ3v) is 4.84. The molecule has 1 amide bonds. The van der Waals surface area contributed by atoms with Crippen molar-refractivity contribution in [2.24, 2.45) is 5.92 Å². The van der Waals surface area contributed by atoms with E-state index >= 15 is 0 Å². The summed E-state index contributed by atoms with van der Waals surface area (Å²) in [6.07, 6.45) is 2.23. The molecule has 2 fully saturated rings. The summed E-state index contributed by atoms with van der Waals surface area (Å²) in [5, 5.41) is 0. The van der Waals surface area contributed by atoms with Crippen molar-refractivity contribution in [2.75, 3.05) is 45.9 Å². The minimum Gasteiger partial charge on any atom is -0.435 e. The lowest BCUT2D eigenvalue weighted by molar-refractivity contribution is -0.0498. The topological polar surface area (TPSA) is 42.0 Å². The Hall–Kier alpha value is -1.73. The number of hydrogen-bond donors (Lipinski definition) is 0. The number of piperazine rings is 1. The number of hydrogen-bond acceptors (Lipinski definition) is 4. The number of benzene rings is 1. The minimum absolute atomic E-state index is 0.0608. The molecule has 0 unspecified atom stereocenters. The van der Waals surface area contributed by atoms with Crippen molar-refractivity contribution in [1.29, 1.82) is 0 Å². The van der Waals surface area contributed by atoms with Crippen molar-refractivity contribution in [2.45, 2.75) is 19.5 Å². The van der Waals surface area contributed by atoms with Crippen LogP contribution in [0, 0.1) is 5.92 Å². The van der Waals surface area contributed by atoms with E-state index in [2.05, 4.69) is 9.64 Å². The van der Waals surface area contributed by atoms with Gasteiger partial charge in [0.05, 0.1) is 0 Å². The Kier molecular flexibility index (Phi) is 6.20. The van der Waals surface area contributed by atoms with Gasteiger partial charge in [-0.2, -0.15) is 8.78 Å². The summed E-state index contributed by atoms with van der Waals surface area (Å²) >= 11 is 0. The van der Waals surface area contributed by atoms with Gasteiger partial charge in [-0.15, -0.1) is 0 Å². The van der Waals surface area contributed by atoms with Crippen LogP contribution in [0.5, 0.6) is 5.75 Å². The highest BCUT2D eigenvalue weighted by Gasteiger charge is 2.24. The highest BCUT2D eigenvalue weighted by atomic mass is 19.3. The molecule has 5 nitrogen and oxygen atoms in total. The number of carbonyl (C=O) groups is 1. The number of amides is 1. The van der Waals surface area contributed by atoms with E-state index in [0.29, 0.717) is 24.6 Å². The van der Waals surface area contributed by atoms with Crippen molar-refractivity contribution in [1.82, 2.24) is 9.80 Å². The van der Waals surface area contributed by atoms with Crippen molar-refractivity contribution in [3.8, 4) is 5.75 Å². The van der Waals surface area contributed by atoms with Crippen LogP contribution in [0.25, 0.3) is 0 Å². The fraction of sp³-hybridized carbons (Fsp3) is 0.611. The van der Waals surface area contributed by atoms with Crippen LogP contribution < -0.4 is 4.74 Å². The van der Waals surface area contributed by atoms with E-state index in [1.807, 2.05) is 4.90 Å². The van der Waals surface area contributed by atoms with Gasteiger partial charge in [0.1, 0.15) is 5.75 Å². The Labute approximate surface area is 146 Å². The van der Waals surface area contributed by atoms with E-state index in [0.717, 1.165) is 45.7 Å². The number of rotatable bonds is 5. The van der Waals surface area contributed by atoms with Gasteiger partial charge < -0.3 is 14.4 Å². The highest BCUT2D eigenvalue weighted by molar-refractivity contribution is 5.94. The van der Waals surface area contributed by atoms with E-state index < -0.39 is 6.61 Å². The highest BCUT2D eigenvalue weighted by Crippen LogP contribution is 2.19. The molecule has 0 N–H and O–H groups in total. The molecule has 7 heteroatoms. The van der Waals surface area contributed by atoms with Gasteiger partial charge in [0, 0.05) is 51.5 Å². The molecule has 0 bridgehead atoms. The van der Waals surface area contributed by atoms with Gasteiger partial charge in [-0.1, -0.05) is 0 Å². The largest absolute Gasteiger partial charge is 0.435 e. The summed E-state index contributed by atoms with van der Waals surface area (Å²) < 4.78 is 34.0. The quantitative estimate of drug-likeness (QED) is 0.815. The molecule has 1 aromatic rings. The summed E-state index contributed by atoms with van der Waals surface area (Å²) in [5.41, 5.74) is 0.500. The molecule has 2 aliphatic heterocycles. The van der Waals surface area contributed by atoms with Gasteiger partial charge in [0.15, 0.2) is 0 Å². The van der Waals surface area contributed by atoms with E-state index in [-0.39, 0.29) is 11.7 Å². The zero-order chi connectivity index (χ0) is 17.6. The molecule has 2 saturated heterocycles. The van der Waals surface area contributed by atoms with E-state index in [1.54, 1.807) is 0 Å². The summed E-state index contributed by atoms with van der Waals surface area (Å²) in [6.45, 7) is 3.05. The normalized spacial score (nSPS) is 20.0. The van der Waals surface area contributed by atoms with E-state index in [4.69, 9.17) is 4.74 Å². The molecule has 0 atom stereocenters. The molecule has 25 heavy (non-hydrogen) atoms. The predicted molar refractivity (Wildman–Crippen MR) is 89.0 cm³/mol. The number of alkyl halides is 2. The average Bonchev–Trinajstić information content (AvgIpc) is 2.63. The zero-order valence-corrected chi connectivity index (χ0v) is 14.2. The summed E-state index contributed by atoms with van der Waals surface area (Å²) in [7, 11) is 0. The smallest absolute Gasteiger partial charge is 0.387 e. The van der Waals surface area contributed by atoms with Crippen molar-refractivity contribution in [3.63, 3.8) is 0 Å². The Morgan fingerprint density at radius 1 is 1.12 bits per heavy atom. The van der Waals surface area contributed by atoms with Gasteiger partial charge in [0.25, 0.3) is 5.91 Å². The maximum atomic E-state index is 12.5. The molecule has 0 saturated carbocycles. The summed E-state index contributed by atoms with van der Waals surface area (Å²) in [5.74, 6) is 0.695. The van der Waals surface area contributed by atoms with Gasteiger partial charge in [-0.3, -0.25) is 9.69 Å². The third-order valence-electron chi connectivity index (χ3n) is 4.84. The first-order valence-electron chi connectivity index (χ1n) is 8.76. The predicted octanol–water partition coefficient (Wildman–Crippen LogP) is 2.47. The standard InChI is InChI=1S/C18H24F2N2O3/c19-18(20)25-16-3-1-15(2-4-16)17(23)22-9-7-21(8-10-22)13-14-5-11-24-12-6-14/h1-4,14,18H,5-13H2. The molecular weight excluding hydrogens is 330 g/mol. The second-order valence-corrected chi connectivity index (χ2v) is 6.55. The molecule has 2 aliphatic rings. The SMILES string of the molecule is O=C(c1ccc(OC(F)F)cc1)N1CCN(CC2CCOCC2)CC1. The monoisotopic (exact) mass is 354 g/mol. The second kappa shape index (κ2) is 8.58. The van der Waals surface area contributed by atoms with E-state index in [1.165, 1.54) is 24.3 Å². The van der Waals surface area contributed by atoms with Gasteiger partial charge in [-0.05, 0) is 43.0 Å². The second-order valence-electron chi connectivity index (χ2n) is 6.55. The Morgan fingerprint density at radius 2 is 1.76 bits per heavy atom. The van der Waals surface area contributed by atoms with Gasteiger partial charge >= 0.3 is 6.61 Å². The number of nitrogens with zero attached hydrogens (tertiary/aromatic N) is 2. The minimum atomic E-state index is -2.86. The Balaban J connectivity index is 1.47. The molecule has 0 aliphatic carbocycles. The average molecular weight is 354 g/mol. The Bertz CT molecular complexity index is 554. The summed E-state index contributed by atoms with van der Waals surface area (Å²) in [4.78, 5) is 16.8. The van der Waals surface area contributed by atoms with Crippen LogP contribution >= 0.6 is 0 Å². The van der Waals surface area contributed by atoms with Crippen LogP contribution in [-0.4, -0.2) is 68.3 Å². The lowest BCUT2D eigenvalue weighted by Crippen LogP contribution is -2.50. The van der Waals surface area contributed by atoms with Crippen molar-refractivity contribution >= 4 is 5.91 Å². The first-order valence-corrected chi connectivity index (χ1v) is 8.76. The van der Waals surface area contributed by atoms with Crippen LogP contribution in [0.3, 0.4) is 0 Å². The van der Waals surface area contributed by atoms with Crippen LogP contribution in [0.15, 0.2) is 24.3 Å². The van der Waals surface area contributed by atoms with Gasteiger partial charge in [0.2, 0.25) is 0 Å². The fourth-order valence-corrected chi connectivity index (χ4v) is 3.39. The maximum Gasteiger partial charge on any atom is 0.387 e. The molecule has 0 aromatic heterocycles. The molecule has 138 valence electrons. The van der Waals surface area contributed by atoms with E-state index in [9.17, 15) is 13.6 Å². The first-order chi connectivity index (χ1) is 12.1. The Morgan fingerprint density at radius 3 is 2.36 bits per heavy atom. The first kappa shape index (κ1) is 18.1. The van der Waals surface area contributed by atoms with Crippen molar-refractivity contribution < 1.29 is 23.0 Å². The number of halogens is 2. The third kappa shape index (κ3) is 5.12. The molecular formula is C18H24F2N2O3. The molecule has 3 rings (SSSR count). The van der Waals surface area contributed by atoms with Crippen molar-refractivity contribution in [3.05, 3.63) is 29.8 Å². The number of carbonyl (C=O) groups excluding carboxylic acids is 1. The lowest BCUT2D eigenvalue weighted by Gasteiger charge is -2.37. The molecule has 2 heterocycles. The maximum absolute atomic E-state index is 12.5. The van der Waals surface area contributed by atoms with Crippen LogP contribution in [-0.2, 0) is 4.74 Å². The lowest BCUT2D eigenvalue weighted by atomic mass is 9.99. The van der Waals surface area contributed by atoms with Gasteiger partial charge in [-0.25, -0.2) is 0 Å². The fourth-order valence-electron chi connectivity index (χ4n) is 3.39. The number of ether oxygens (including phenoxy) is 2. The molecule has 0 spiro atoms. The summed E-state index contributed by atoms with van der Waals surface area (Å²) in [6, 6.07) is 5.88.